The number of nitrogens with zero attached hydrogens (tertiary/aromatic N) is 2. The highest BCUT2D eigenvalue weighted by Crippen LogP contribution is 2.34. The smallest absolute Gasteiger partial charge is 0.156 e. The number of fused-ring (bicyclic) bond motifs is 1. The highest BCUT2D eigenvalue weighted by atomic mass is 35.5. The van der Waals surface area contributed by atoms with Crippen LogP contribution in [0, 0.1) is 0 Å². The third-order valence-electron chi connectivity index (χ3n) is 3.16. The van der Waals surface area contributed by atoms with Gasteiger partial charge in [-0.3, -0.25) is 0 Å². The van der Waals surface area contributed by atoms with Crippen LogP contribution < -0.4 is 9.47 Å². The first-order chi connectivity index (χ1) is 10.1. The fraction of sp³-hybridized carbons (Fsp3) is 0.133. The Morgan fingerprint density at radius 1 is 1.05 bits per heavy atom. The molecule has 0 atom stereocenters. The fourth-order valence-electron chi connectivity index (χ4n) is 2.16. The van der Waals surface area contributed by atoms with Crippen molar-refractivity contribution in [3.63, 3.8) is 0 Å². The maximum atomic E-state index is 6.17. The van der Waals surface area contributed by atoms with Crippen molar-refractivity contribution >= 4 is 28.8 Å². The van der Waals surface area contributed by atoms with Gasteiger partial charge in [-0.15, -0.1) is 0 Å². The van der Waals surface area contributed by atoms with Gasteiger partial charge in [0.1, 0.15) is 11.5 Å². The molecule has 21 heavy (non-hydrogen) atoms. The minimum atomic E-state index is 0.501. The van der Waals surface area contributed by atoms with E-state index in [4.69, 9.17) is 32.7 Å². The van der Waals surface area contributed by atoms with E-state index in [1.54, 1.807) is 30.9 Å². The van der Waals surface area contributed by atoms with Crippen LogP contribution in [0.15, 0.2) is 36.7 Å². The molecule has 0 fully saturated rings. The van der Waals surface area contributed by atoms with Crippen molar-refractivity contribution in [3.05, 3.63) is 46.7 Å². The number of hydrogen-bond donors (Lipinski definition) is 0. The van der Waals surface area contributed by atoms with Crippen molar-refractivity contribution in [2.75, 3.05) is 14.2 Å². The largest absolute Gasteiger partial charge is 0.497 e. The molecule has 0 aliphatic carbocycles. The standard InChI is InChI=1S/C15H12Cl2N2O2/c1-20-10-3-4-11(14(6-10)21-2)13-8-19-7-9(16)5-12(17)15(19)18-13/h3-8H,1-2H3. The van der Waals surface area contributed by atoms with E-state index in [0.29, 0.717) is 21.4 Å². The fourth-order valence-corrected chi connectivity index (χ4v) is 2.69. The second-order valence-corrected chi connectivity index (χ2v) is 5.27. The highest BCUT2D eigenvalue weighted by Gasteiger charge is 2.13. The summed E-state index contributed by atoms with van der Waals surface area (Å²) in [5.74, 6) is 1.40. The molecule has 0 spiro atoms. The van der Waals surface area contributed by atoms with Crippen LogP contribution in [-0.2, 0) is 0 Å². The van der Waals surface area contributed by atoms with Crippen molar-refractivity contribution in [1.82, 2.24) is 9.38 Å². The first-order valence-corrected chi connectivity index (χ1v) is 6.94. The summed E-state index contributed by atoms with van der Waals surface area (Å²) < 4.78 is 12.4. The molecule has 1 aromatic carbocycles. The average Bonchev–Trinajstić information content (AvgIpc) is 2.90. The van der Waals surface area contributed by atoms with Crippen LogP contribution in [0.1, 0.15) is 0 Å². The lowest BCUT2D eigenvalue weighted by Crippen LogP contribution is -1.90. The number of methoxy groups -OCH3 is 2. The van der Waals surface area contributed by atoms with E-state index in [9.17, 15) is 0 Å². The molecular weight excluding hydrogens is 311 g/mol. The van der Waals surface area contributed by atoms with E-state index >= 15 is 0 Å². The van der Waals surface area contributed by atoms with Crippen LogP contribution >= 0.6 is 23.2 Å². The van der Waals surface area contributed by atoms with Gasteiger partial charge in [0, 0.05) is 24.0 Å². The minimum Gasteiger partial charge on any atom is -0.497 e. The molecule has 0 aliphatic rings. The molecule has 0 saturated heterocycles. The van der Waals surface area contributed by atoms with Crippen LogP contribution in [0.3, 0.4) is 0 Å². The molecular formula is C15H12Cl2N2O2. The molecule has 2 aromatic heterocycles. The predicted molar refractivity (Wildman–Crippen MR) is 83.8 cm³/mol. The molecule has 6 heteroatoms. The SMILES string of the molecule is COc1ccc(-c2cn3cc(Cl)cc(Cl)c3n2)c(OC)c1. The second-order valence-electron chi connectivity index (χ2n) is 4.43. The Bertz CT molecular complexity index is 815. The van der Waals surface area contributed by atoms with Gasteiger partial charge in [-0.2, -0.15) is 0 Å². The number of rotatable bonds is 3. The van der Waals surface area contributed by atoms with E-state index in [2.05, 4.69) is 4.98 Å². The van der Waals surface area contributed by atoms with Crippen molar-refractivity contribution in [2.24, 2.45) is 0 Å². The van der Waals surface area contributed by atoms with Crippen LogP contribution in [0.25, 0.3) is 16.9 Å². The van der Waals surface area contributed by atoms with Gasteiger partial charge in [0.25, 0.3) is 0 Å². The van der Waals surface area contributed by atoms with Crippen molar-refractivity contribution in [3.8, 4) is 22.8 Å². The molecule has 0 amide bonds. The van der Waals surface area contributed by atoms with E-state index in [1.807, 2.05) is 24.4 Å². The first-order valence-electron chi connectivity index (χ1n) is 6.18. The maximum Gasteiger partial charge on any atom is 0.156 e. The van der Waals surface area contributed by atoms with E-state index in [-0.39, 0.29) is 0 Å². The summed E-state index contributed by atoms with van der Waals surface area (Å²) in [7, 11) is 3.22. The molecule has 0 unspecified atom stereocenters. The summed E-state index contributed by atoms with van der Waals surface area (Å²) in [6.07, 6.45) is 3.62. The number of aromatic nitrogens is 2. The van der Waals surface area contributed by atoms with Crippen LogP contribution in [0.2, 0.25) is 10.0 Å². The third-order valence-corrected chi connectivity index (χ3v) is 3.64. The quantitative estimate of drug-likeness (QED) is 0.720. The summed E-state index contributed by atoms with van der Waals surface area (Å²) >= 11 is 12.2. The van der Waals surface area contributed by atoms with E-state index < -0.39 is 0 Å². The van der Waals surface area contributed by atoms with Gasteiger partial charge < -0.3 is 13.9 Å². The summed E-state index contributed by atoms with van der Waals surface area (Å²) in [4.78, 5) is 4.54. The molecule has 2 heterocycles. The Hall–Kier alpha value is -1.91. The number of ether oxygens (including phenoxy) is 2. The van der Waals surface area contributed by atoms with Gasteiger partial charge in [-0.05, 0) is 18.2 Å². The lowest BCUT2D eigenvalue weighted by molar-refractivity contribution is 0.395. The topological polar surface area (TPSA) is 35.8 Å². The third kappa shape index (κ3) is 2.52. The monoisotopic (exact) mass is 322 g/mol. The van der Waals surface area contributed by atoms with Gasteiger partial charge >= 0.3 is 0 Å². The normalized spacial score (nSPS) is 10.9. The number of benzene rings is 1. The van der Waals surface area contributed by atoms with Crippen LogP contribution in [0.4, 0.5) is 0 Å². The van der Waals surface area contributed by atoms with Crippen LogP contribution in [-0.4, -0.2) is 23.6 Å². The van der Waals surface area contributed by atoms with Gasteiger partial charge in [0.2, 0.25) is 0 Å². The predicted octanol–water partition coefficient (Wildman–Crippen LogP) is 4.33. The first kappa shape index (κ1) is 14.0. The van der Waals surface area contributed by atoms with Gasteiger partial charge in [0.15, 0.2) is 5.65 Å². The zero-order valence-electron chi connectivity index (χ0n) is 11.4. The van der Waals surface area contributed by atoms with E-state index in [1.165, 1.54) is 0 Å². The Morgan fingerprint density at radius 2 is 1.86 bits per heavy atom. The Morgan fingerprint density at radius 3 is 2.57 bits per heavy atom. The Kier molecular flexibility index (Phi) is 3.66. The second kappa shape index (κ2) is 5.47. The zero-order chi connectivity index (χ0) is 15.0. The van der Waals surface area contributed by atoms with Gasteiger partial charge in [0.05, 0.1) is 30.0 Å². The number of imidazole rings is 1. The molecule has 0 N–H and O–H groups in total. The Balaban J connectivity index is 2.18. The summed E-state index contributed by atoms with van der Waals surface area (Å²) in [5.41, 5.74) is 2.25. The minimum absolute atomic E-state index is 0.501. The maximum absolute atomic E-state index is 6.17. The molecule has 108 valence electrons. The molecule has 3 aromatic rings. The zero-order valence-corrected chi connectivity index (χ0v) is 12.9. The van der Waals surface area contributed by atoms with E-state index in [0.717, 1.165) is 17.0 Å². The van der Waals surface area contributed by atoms with Crippen molar-refractivity contribution in [1.29, 1.82) is 0 Å². The number of hydrogen-bond acceptors (Lipinski definition) is 3. The molecule has 3 rings (SSSR count). The summed E-state index contributed by atoms with van der Waals surface area (Å²) in [6, 6.07) is 7.24. The average molecular weight is 323 g/mol. The molecule has 0 radical (unpaired) electrons. The molecule has 0 aliphatic heterocycles. The lowest BCUT2D eigenvalue weighted by Gasteiger charge is -2.08. The van der Waals surface area contributed by atoms with Gasteiger partial charge in [-0.25, -0.2) is 4.98 Å². The number of pyridine rings is 1. The van der Waals surface area contributed by atoms with Gasteiger partial charge in [-0.1, -0.05) is 23.2 Å². The van der Waals surface area contributed by atoms with Crippen molar-refractivity contribution in [2.45, 2.75) is 0 Å². The molecule has 0 bridgehead atoms. The lowest BCUT2D eigenvalue weighted by atomic mass is 10.1. The van der Waals surface area contributed by atoms with Crippen molar-refractivity contribution < 1.29 is 9.47 Å². The van der Waals surface area contributed by atoms with Crippen LogP contribution in [0.5, 0.6) is 11.5 Å². The highest BCUT2D eigenvalue weighted by molar-refractivity contribution is 6.36. The number of halogens is 2. The Labute approximate surface area is 131 Å². The molecule has 0 saturated carbocycles. The summed E-state index contributed by atoms with van der Waals surface area (Å²) in [5, 5.41) is 1.05. The summed E-state index contributed by atoms with van der Waals surface area (Å²) in [6.45, 7) is 0. The molecule has 4 nitrogen and oxygen atoms in total.